The van der Waals surface area contributed by atoms with E-state index in [4.69, 9.17) is 0 Å². The lowest BCUT2D eigenvalue weighted by Gasteiger charge is -2.36. The van der Waals surface area contributed by atoms with Crippen molar-refractivity contribution in [3.63, 3.8) is 0 Å². The van der Waals surface area contributed by atoms with Gasteiger partial charge in [-0.2, -0.15) is 4.98 Å². The second kappa shape index (κ2) is 7.98. The molecule has 0 N–H and O–H groups in total. The van der Waals surface area contributed by atoms with E-state index in [2.05, 4.69) is 15.1 Å². The zero-order valence-corrected chi connectivity index (χ0v) is 17.5. The number of hydrogen-bond acceptors (Lipinski definition) is 6. The normalized spacial score (nSPS) is 14.6. The van der Waals surface area contributed by atoms with Crippen LogP contribution in [0.15, 0.2) is 29.4 Å². The third-order valence-corrected chi connectivity index (χ3v) is 6.21. The predicted octanol–water partition coefficient (Wildman–Crippen LogP) is 2.63. The number of carbonyl (C=O) groups excluding carboxylic acids is 1. The summed E-state index contributed by atoms with van der Waals surface area (Å²) < 4.78 is 15.7. The van der Waals surface area contributed by atoms with E-state index in [9.17, 15) is 9.18 Å². The van der Waals surface area contributed by atoms with Gasteiger partial charge in [0.05, 0.1) is 11.4 Å². The van der Waals surface area contributed by atoms with E-state index in [0.717, 1.165) is 17.0 Å². The van der Waals surface area contributed by atoms with Crippen LogP contribution >= 0.6 is 11.8 Å². The van der Waals surface area contributed by atoms with Gasteiger partial charge in [0.25, 0.3) is 5.78 Å². The number of para-hydroxylation sites is 1. The Bertz CT molecular complexity index is 1060. The molecule has 4 rings (SSSR count). The Morgan fingerprint density at radius 2 is 1.83 bits per heavy atom. The first-order valence-electron chi connectivity index (χ1n) is 9.54. The number of aromatic nitrogens is 4. The van der Waals surface area contributed by atoms with Crippen molar-refractivity contribution < 1.29 is 9.18 Å². The van der Waals surface area contributed by atoms with Gasteiger partial charge in [-0.15, -0.1) is 5.10 Å². The number of piperazine rings is 1. The Kier molecular flexibility index (Phi) is 5.40. The summed E-state index contributed by atoms with van der Waals surface area (Å²) in [4.78, 5) is 25.3. The van der Waals surface area contributed by atoms with Crippen LogP contribution in [0.1, 0.15) is 17.0 Å². The van der Waals surface area contributed by atoms with Gasteiger partial charge in [-0.1, -0.05) is 23.9 Å². The molecule has 1 fully saturated rings. The minimum atomic E-state index is -0.227. The van der Waals surface area contributed by atoms with Crippen LogP contribution in [-0.2, 0) is 4.79 Å². The number of thioether (sulfide) groups is 1. The van der Waals surface area contributed by atoms with E-state index >= 15 is 0 Å². The fourth-order valence-electron chi connectivity index (χ4n) is 3.42. The Hall–Kier alpha value is -2.68. The molecule has 0 spiro atoms. The van der Waals surface area contributed by atoms with E-state index < -0.39 is 0 Å². The SMILES string of the molecule is Cc1nc2nc(SCC(=O)N3CCN(c4ccccc4F)CC3)nn2c(C)c1C. The minimum Gasteiger partial charge on any atom is -0.366 e. The molecule has 1 amide bonds. The quantitative estimate of drug-likeness (QED) is 0.612. The van der Waals surface area contributed by atoms with E-state index in [1.165, 1.54) is 17.8 Å². The smallest absolute Gasteiger partial charge is 0.253 e. The molecular formula is C20H23FN6OS. The lowest BCUT2D eigenvalue weighted by atomic mass is 10.2. The summed E-state index contributed by atoms with van der Waals surface area (Å²) in [5.74, 6) is 0.640. The summed E-state index contributed by atoms with van der Waals surface area (Å²) in [6.45, 7) is 8.33. The van der Waals surface area contributed by atoms with Gasteiger partial charge in [0, 0.05) is 37.6 Å². The van der Waals surface area contributed by atoms with Crippen LogP contribution in [-0.4, -0.2) is 62.3 Å². The van der Waals surface area contributed by atoms with Gasteiger partial charge in [-0.3, -0.25) is 4.79 Å². The number of hydrogen-bond donors (Lipinski definition) is 0. The molecule has 1 aromatic carbocycles. The average molecular weight is 415 g/mol. The molecule has 9 heteroatoms. The highest BCUT2D eigenvalue weighted by atomic mass is 32.2. The largest absolute Gasteiger partial charge is 0.366 e. The van der Waals surface area contributed by atoms with Gasteiger partial charge in [0.15, 0.2) is 0 Å². The van der Waals surface area contributed by atoms with Gasteiger partial charge in [-0.25, -0.2) is 13.9 Å². The third-order valence-electron chi connectivity index (χ3n) is 5.39. The van der Waals surface area contributed by atoms with Crippen LogP contribution in [0.5, 0.6) is 0 Å². The van der Waals surface area contributed by atoms with Crippen molar-refractivity contribution >= 4 is 29.1 Å². The highest BCUT2D eigenvalue weighted by Gasteiger charge is 2.23. The zero-order chi connectivity index (χ0) is 20.5. The van der Waals surface area contributed by atoms with Crippen molar-refractivity contribution in [2.45, 2.75) is 25.9 Å². The summed E-state index contributed by atoms with van der Waals surface area (Å²) in [6.07, 6.45) is 0. The van der Waals surface area contributed by atoms with Crippen molar-refractivity contribution in [3.05, 3.63) is 47.0 Å². The molecule has 0 unspecified atom stereocenters. The fraction of sp³-hybridized carbons (Fsp3) is 0.400. The molecule has 7 nitrogen and oxygen atoms in total. The number of fused-ring (bicyclic) bond motifs is 1. The molecule has 152 valence electrons. The van der Waals surface area contributed by atoms with Crippen LogP contribution in [0.2, 0.25) is 0 Å². The summed E-state index contributed by atoms with van der Waals surface area (Å²) in [7, 11) is 0. The van der Waals surface area contributed by atoms with Crippen molar-refractivity contribution in [1.82, 2.24) is 24.5 Å². The van der Waals surface area contributed by atoms with E-state index in [1.54, 1.807) is 16.6 Å². The monoisotopic (exact) mass is 414 g/mol. The Morgan fingerprint density at radius 3 is 2.55 bits per heavy atom. The average Bonchev–Trinajstić information content (AvgIpc) is 3.14. The first-order chi connectivity index (χ1) is 13.9. The molecule has 1 saturated heterocycles. The maximum Gasteiger partial charge on any atom is 0.253 e. The molecule has 3 heterocycles. The zero-order valence-electron chi connectivity index (χ0n) is 16.7. The van der Waals surface area contributed by atoms with Gasteiger partial charge >= 0.3 is 0 Å². The maximum atomic E-state index is 14.0. The molecule has 29 heavy (non-hydrogen) atoms. The minimum absolute atomic E-state index is 0.0408. The predicted molar refractivity (Wildman–Crippen MR) is 111 cm³/mol. The molecule has 0 saturated carbocycles. The summed E-state index contributed by atoms with van der Waals surface area (Å²) in [5, 5.41) is 5.02. The van der Waals surface area contributed by atoms with Gasteiger partial charge in [-0.05, 0) is 38.5 Å². The number of halogens is 1. The van der Waals surface area contributed by atoms with Crippen molar-refractivity contribution in [3.8, 4) is 0 Å². The molecule has 0 radical (unpaired) electrons. The third kappa shape index (κ3) is 3.91. The molecule has 1 aliphatic rings. The highest BCUT2D eigenvalue weighted by Crippen LogP contribution is 2.21. The number of carbonyl (C=O) groups is 1. The second-order valence-corrected chi connectivity index (χ2v) is 8.06. The lowest BCUT2D eigenvalue weighted by molar-refractivity contribution is -0.128. The molecule has 0 atom stereocenters. The van der Waals surface area contributed by atoms with Crippen LogP contribution in [0.25, 0.3) is 5.78 Å². The molecule has 3 aromatic rings. The first-order valence-corrected chi connectivity index (χ1v) is 10.5. The van der Waals surface area contributed by atoms with Crippen molar-refractivity contribution in [2.75, 3.05) is 36.8 Å². The molecule has 1 aliphatic heterocycles. The topological polar surface area (TPSA) is 66.6 Å². The lowest BCUT2D eigenvalue weighted by Crippen LogP contribution is -2.49. The van der Waals surface area contributed by atoms with Gasteiger partial charge < -0.3 is 9.80 Å². The van der Waals surface area contributed by atoms with E-state index in [0.29, 0.717) is 42.8 Å². The van der Waals surface area contributed by atoms with Crippen LogP contribution in [0.4, 0.5) is 10.1 Å². The van der Waals surface area contributed by atoms with Crippen molar-refractivity contribution in [2.24, 2.45) is 0 Å². The number of rotatable bonds is 4. The number of anilines is 1. The standard InChI is InChI=1S/C20H23FN6OS/c1-13-14(2)22-19-23-20(24-27(19)15(13)3)29-12-18(28)26-10-8-25(9-11-26)17-7-5-4-6-16(17)21/h4-7H,8-12H2,1-3H3. The fourth-order valence-corrected chi connectivity index (χ4v) is 4.14. The van der Waals surface area contributed by atoms with Crippen LogP contribution in [0.3, 0.4) is 0 Å². The Labute approximate surface area is 172 Å². The number of nitrogens with zero attached hydrogens (tertiary/aromatic N) is 6. The van der Waals surface area contributed by atoms with Gasteiger partial charge in [0.2, 0.25) is 11.1 Å². The second-order valence-electron chi connectivity index (χ2n) is 7.12. The molecule has 2 aromatic heterocycles. The van der Waals surface area contributed by atoms with Crippen LogP contribution < -0.4 is 4.90 Å². The Balaban J connectivity index is 1.35. The Morgan fingerprint density at radius 1 is 1.10 bits per heavy atom. The highest BCUT2D eigenvalue weighted by molar-refractivity contribution is 7.99. The summed E-state index contributed by atoms with van der Waals surface area (Å²) in [6, 6.07) is 6.75. The molecule has 0 bridgehead atoms. The summed E-state index contributed by atoms with van der Waals surface area (Å²) in [5.41, 5.74) is 3.62. The van der Waals surface area contributed by atoms with E-state index in [1.807, 2.05) is 36.6 Å². The maximum absolute atomic E-state index is 14.0. The van der Waals surface area contributed by atoms with Gasteiger partial charge in [0.1, 0.15) is 5.82 Å². The van der Waals surface area contributed by atoms with Crippen LogP contribution in [0, 0.1) is 26.6 Å². The number of aryl methyl sites for hydroxylation is 2. The number of benzene rings is 1. The molecular weight excluding hydrogens is 391 g/mol. The van der Waals surface area contributed by atoms with Crippen molar-refractivity contribution in [1.29, 1.82) is 0 Å². The first kappa shape index (κ1) is 19.6. The van der Waals surface area contributed by atoms with E-state index in [-0.39, 0.29) is 17.5 Å². The molecule has 0 aliphatic carbocycles. The number of amides is 1. The summed E-state index contributed by atoms with van der Waals surface area (Å²) >= 11 is 1.32.